The zero-order chi connectivity index (χ0) is 20.6. The third-order valence-electron chi connectivity index (χ3n) is 4.88. The van der Waals surface area contributed by atoms with Crippen molar-refractivity contribution in [1.29, 1.82) is 0 Å². The average molecular weight is 386 g/mol. The molecule has 1 amide bonds. The number of fused-ring (bicyclic) bond motifs is 1. The molecule has 0 spiro atoms. The number of amides is 1. The first-order valence-electron chi connectivity index (χ1n) is 9.34. The van der Waals surface area contributed by atoms with E-state index < -0.39 is 16.7 Å². The van der Waals surface area contributed by atoms with Crippen LogP contribution < -0.4 is 11.1 Å². The topological polar surface area (TPSA) is 86.4 Å². The summed E-state index contributed by atoms with van der Waals surface area (Å²) in [5, 5.41) is 0. The summed E-state index contributed by atoms with van der Waals surface area (Å²) < 4.78 is 8.22. The Morgan fingerprint density at radius 2 is 1.89 bits per heavy atom. The molecule has 1 aliphatic heterocycles. The summed E-state index contributed by atoms with van der Waals surface area (Å²) in [5.41, 5.74) is 0.0755. The van der Waals surface area contributed by atoms with E-state index in [2.05, 4.69) is 11.6 Å². The Kier molecular flexibility index (Phi) is 5.14. The second kappa shape index (κ2) is 7.26. The van der Waals surface area contributed by atoms with Crippen LogP contribution in [0.2, 0.25) is 0 Å². The Balaban J connectivity index is 1.93. The maximum atomic E-state index is 12.7. The van der Waals surface area contributed by atoms with Gasteiger partial charge in [-0.05, 0) is 45.2 Å². The molecule has 0 radical (unpaired) electrons. The molecule has 2 aromatic heterocycles. The zero-order valence-corrected chi connectivity index (χ0v) is 16.8. The number of likely N-dealkylation sites (tertiary alicyclic amines) is 1. The first kappa shape index (κ1) is 19.9. The number of aryl methyl sites for hydroxylation is 1. The molecular weight excluding hydrogens is 360 g/mol. The van der Waals surface area contributed by atoms with E-state index >= 15 is 0 Å². The summed E-state index contributed by atoms with van der Waals surface area (Å²) in [6.45, 7) is 10.1. The van der Waals surface area contributed by atoms with Gasteiger partial charge in [-0.1, -0.05) is 12.7 Å². The van der Waals surface area contributed by atoms with Crippen LogP contribution in [0.3, 0.4) is 0 Å². The standard InChI is InChI=1S/C20H26N4O4/c1-6-13-11-15-16(21-12-13)24(18(26)17(25)22(15)5)14-7-9-23(10-8-14)19(27)28-20(2,3)4/h6,11-12,14H,1,7-10H2,2-5H3. The molecule has 3 rings (SSSR count). The normalized spacial score (nSPS) is 15.6. The monoisotopic (exact) mass is 386 g/mol. The fourth-order valence-corrected chi connectivity index (χ4v) is 3.43. The average Bonchev–Trinajstić information content (AvgIpc) is 2.65. The SMILES string of the molecule is C=Cc1cnc2c(c1)n(C)c(=O)c(=O)n2C1CCN(C(=O)OC(C)(C)C)CC1. The highest BCUT2D eigenvalue weighted by Crippen LogP contribution is 2.25. The molecule has 1 fully saturated rings. The highest BCUT2D eigenvalue weighted by Gasteiger charge is 2.29. The second-order valence-corrected chi connectivity index (χ2v) is 8.05. The first-order chi connectivity index (χ1) is 13.1. The summed E-state index contributed by atoms with van der Waals surface area (Å²) in [6.07, 6.45) is 4.01. The molecule has 3 heterocycles. The Labute approximate surface area is 163 Å². The van der Waals surface area contributed by atoms with Crippen LogP contribution in [0.25, 0.3) is 17.2 Å². The van der Waals surface area contributed by atoms with Crippen LogP contribution in [0.5, 0.6) is 0 Å². The predicted molar refractivity (Wildman–Crippen MR) is 107 cm³/mol. The van der Waals surface area contributed by atoms with Crippen molar-refractivity contribution in [3.8, 4) is 0 Å². The molecule has 0 unspecified atom stereocenters. The van der Waals surface area contributed by atoms with Crippen molar-refractivity contribution in [2.24, 2.45) is 7.05 Å². The van der Waals surface area contributed by atoms with Gasteiger partial charge in [-0.2, -0.15) is 0 Å². The molecule has 0 atom stereocenters. The molecule has 28 heavy (non-hydrogen) atoms. The summed E-state index contributed by atoms with van der Waals surface area (Å²) >= 11 is 0. The van der Waals surface area contributed by atoms with Gasteiger partial charge < -0.3 is 14.2 Å². The number of ether oxygens (including phenoxy) is 1. The largest absolute Gasteiger partial charge is 0.444 e. The van der Waals surface area contributed by atoms with Crippen molar-refractivity contribution in [3.05, 3.63) is 45.1 Å². The molecule has 2 aromatic rings. The van der Waals surface area contributed by atoms with Crippen molar-refractivity contribution in [2.75, 3.05) is 13.1 Å². The van der Waals surface area contributed by atoms with E-state index in [-0.39, 0.29) is 12.1 Å². The Morgan fingerprint density at radius 3 is 2.46 bits per heavy atom. The summed E-state index contributed by atoms with van der Waals surface area (Å²) in [6, 6.07) is 1.59. The smallest absolute Gasteiger partial charge is 0.410 e. The Morgan fingerprint density at radius 1 is 1.25 bits per heavy atom. The molecular formula is C20H26N4O4. The van der Waals surface area contributed by atoms with E-state index in [1.807, 2.05) is 20.8 Å². The van der Waals surface area contributed by atoms with Gasteiger partial charge in [-0.25, -0.2) is 9.78 Å². The van der Waals surface area contributed by atoms with Gasteiger partial charge in [0.05, 0.1) is 5.52 Å². The van der Waals surface area contributed by atoms with E-state index in [4.69, 9.17) is 4.74 Å². The lowest BCUT2D eigenvalue weighted by atomic mass is 10.0. The van der Waals surface area contributed by atoms with Crippen molar-refractivity contribution in [3.63, 3.8) is 0 Å². The van der Waals surface area contributed by atoms with Crippen LogP contribution in [-0.4, -0.2) is 43.8 Å². The molecule has 1 aliphatic rings. The fraction of sp³-hybridized carbons (Fsp3) is 0.500. The Bertz CT molecular complexity index is 1040. The van der Waals surface area contributed by atoms with Crippen molar-refractivity contribution in [1.82, 2.24) is 19.0 Å². The third-order valence-corrected chi connectivity index (χ3v) is 4.88. The number of nitrogens with zero attached hydrogens (tertiary/aromatic N) is 4. The minimum absolute atomic E-state index is 0.204. The van der Waals surface area contributed by atoms with E-state index in [1.165, 1.54) is 9.13 Å². The second-order valence-electron chi connectivity index (χ2n) is 8.05. The summed E-state index contributed by atoms with van der Waals surface area (Å²) in [5.74, 6) is 0. The molecule has 0 saturated carbocycles. The van der Waals surface area contributed by atoms with Gasteiger partial charge in [0.2, 0.25) is 0 Å². The first-order valence-corrected chi connectivity index (χ1v) is 9.34. The van der Waals surface area contributed by atoms with Crippen LogP contribution in [0.15, 0.2) is 28.4 Å². The number of piperidine rings is 1. The minimum Gasteiger partial charge on any atom is -0.444 e. The van der Waals surface area contributed by atoms with E-state index in [1.54, 1.807) is 30.3 Å². The highest BCUT2D eigenvalue weighted by atomic mass is 16.6. The molecule has 0 N–H and O–H groups in total. The maximum Gasteiger partial charge on any atom is 0.410 e. The van der Waals surface area contributed by atoms with Gasteiger partial charge in [0.25, 0.3) is 0 Å². The van der Waals surface area contributed by atoms with Crippen LogP contribution in [0, 0.1) is 0 Å². The van der Waals surface area contributed by atoms with Crippen LogP contribution in [-0.2, 0) is 11.8 Å². The number of carbonyl (C=O) groups excluding carboxylic acids is 1. The molecule has 150 valence electrons. The van der Waals surface area contributed by atoms with Gasteiger partial charge >= 0.3 is 17.2 Å². The van der Waals surface area contributed by atoms with Gasteiger partial charge in [-0.15, -0.1) is 0 Å². The van der Waals surface area contributed by atoms with Crippen molar-refractivity contribution >= 4 is 23.3 Å². The number of aromatic nitrogens is 3. The van der Waals surface area contributed by atoms with E-state index in [9.17, 15) is 14.4 Å². The molecule has 1 saturated heterocycles. The molecule has 8 nitrogen and oxygen atoms in total. The molecule has 0 bridgehead atoms. The molecule has 0 aliphatic carbocycles. The van der Waals surface area contributed by atoms with E-state index in [0.29, 0.717) is 37.1 Å². The summed E-state index contributed by atoms with van der Waals surface area (Å²) in [7, 11) is 1.57. The number of hydrogen-bond acceptors (Lipinski definition) is 5. The lowest BCUT2D eigenvalue weighted by Crippen LogP contribution is -2.46. The zero-order valence-electron chi connectivity index (χ0n) is 16.8. The third kappa shape index (κ3) is 3.72. The number of carbonyl (C=O) groups is 1. The lowest BCUT2D eigenvalue weighted by Gasteiger charge is -2.34. The van der Waals surface area contributed by atoms with Gasteiger partial charge in [-0.3, -0.25) is 14.2 Å². The number of rotatable bonds is 2. The highest BCUT2D eigenvalue weighted by molar-refractivity contribution is 5.74. The van der Waals surface area contributed by atoms with Crippen LogP contribution >= 0.6 is 0 Å². The fourth-order valence-electron chi connectivity index (χ4n) is 3.43. The van der Waals surface area contributed by atoms with Crippen molar-refractivity contribution in [2.45, 2.75) is 45.3 Å². The molecule has 8 heteroatoms. The minimum atomic E-state index is -0.593. The number of pyridine rings is 1. The van der Waals surface area contributed by atoms with Crippen LogP contribution in [0.1, 0.15) is 45.2 Å². The van der Waals surface area contributed by atoms with Gasteiger partial charge in [0.15, 0.2) is 5.65 Å². The van der Waals surface area contributed by atoms with Crippen molar-refractivity contribution < 1.29 is 9.53 Å². The van der Waals surface area contributed by atoms with Crippen LogP contribution in [0.4, 0.5) is 4.79 Å². The number of hydrogen-bond donors (Lipinski definition) is 0. The lowest BCUT2D eigenvalue weighted by molar-refractivity contribution is 0.0188. The van der Waals surface area contributed by atoms with Gasteiger partial charge in [0, 0.05) is 32.4 Å². The summed E-state index contributed by atoms with van der Waals surface area (Å²) in [4.78, 5) is 43.5. The quantitative estimate of drug-likeness (QED) is 0.739. The molecule has 0 aromatic carbocycles. The Hall–Kier alpha value is -2.90. The maximum absolute atomic E-state index is 12.7. The van der Waals surface area contributed by atoms with Gasteiger partial charge in [0.1, 0.15) is 5.60 Å². The van der Waals surface area contributed by atoms with E-state index in [0.717, 1.165) is 5.56 Å². The predicted octanol–water partition coefficient (Wildman–Crippen LogP) is 2.31.